The van der Waals surface area contributed by atoms with Crippen LogP contribution in [0.4, 0.5) is 10.5 Å². The van der Waals surface area contributed by atoms with Crippen molar-refractivity contribution in [3.8, 4) is 17.6 Å². The number of ether oxygens (including phenoxy) is 2. The van der Waals surface area contributed by atoms with Gasteiger partial charge in [-0.15, -0.1) is 0 Å². The maximum Gasteiger partial charge on any atom is 0.325 e. The summed E-state index contributed by atoms with van der Waals surface area (Å²) in [7, 11) is 0. The van der Waals surface area contributed by atoms with Gasteiger partial charge in [0.05, 0.1) is 25.7 Å². The molecule has 0 aliphatic carbocycles. The molecule has 1 saturated heterocycles. The quantitative estimate of drug-likeness (QED) is 0.697. The van der Waals surface area contributed by atoms with Crippen molar-refractivity contribution in [3.05, 3.63) is 53.6 Å². The second kappa shape index (κ2) is 8.59. The van der Waals surface area contributed by atoms with Gasteiger partial charge in [0, 0.05) is 12.1 Å². The highest BCUT2D eigenvalue weighted by Crippen LogP contribution is 2.36. The number of carbonyl (C=O) groups is 3. The average Bonchev–Trinajstić information content (AvgIpc) is 2.94. The first-order chi connectivity index (χ1) is 15.4. The predicted molar refractivity (Wildman–Crippen MR) is 114 cm³/mol. The van der Waals surface area contributed by atoms with E-state index in [9.17, 15) is 14.4 Å². The minimum atomic E-state index is -1.33. The highest BCUT2D eigenvalue weighted by atomic mass is 16.5. The van der Waals surface area contributed by atoms with E-state index >= 15 is 0 Å². The van der Waals surface area contributed by atoms with Crippen LogP contribution in [-0.2, 0) is 21.5 Å². The van der Waals surface area contributed by atoms with Gasteiger partial charge >= 0.3 is 6.03 Å². The van der Waals surface area contributed by atoms with Crippen LogP contribution in [0.5, 0.6) is 11.5 Å². The lowest BCUT2D eigenvalue weighted by Crippen LogP contribution is -2.42. The van der Waals surface area contributed by atoms with Crippen molar-refractivity contribution in [1.29, 1.82) is 5.26 Å². The molecule has 4 rings (SSSR count). The van der Waals surface area contributed by atoms with E-state index in [0.717, 1.165) is 16.9 Å². The van der Waals surface area contributed by atoms with Crippen LogP contribution in [-0.4, -0.2) is 42.5 Å². The van der Waals surface area contributed by atoms with Gasteiger partial charge < -0.3 is 20.1 Å². The topological polar surface area (TPSA) is 121 Å². The zero-order chi connectivity index (χ0) is 22.7. The second-order valence-electron chi connectivity index (χ2n) is 7.74. The average molecular weight is 434 g/mol. The van der Waals surface area contributed by atoms with Gasteiger partial charge in [-0.3, -0.25) is 14.5 Å². The zero-order valence-electron chi connectivity index (χ0n) is 17.5. The van der Waals surface area contributed by atoms with Crippen LogP contribution in [0.15, 0.2) is 42.5 Å². The second-order valence-corrected chi connectivity index (χ2v) is 7.74. The smallest absolute Gasteiger partial charge is 0.325 e. The monoisotopic (exact) mass is 434 g/mol. The van der Waals surface area contributed by atoms with Crippen LogP contribution in [0.25, 0.3) is 0 Å². The summed E-state index contributed by atoms with van der Waals surface area (Å²) in [5.41, 5.74) is 0.539. The van der Waals surface area contributed by atoms with Gasteiger partial charge in [0.25, 0.3) is 5.91 Å². The molecule has 4 amide bonds. The van der Waals surface area contributed by atoms with Gasteiger partial charge in [-0.1, -0.05) is 18.2 Å². The summed E-state index contributed by atoms with van der Waals surface area (Å²) in [6.45, 7) is 2.21. The van der Waals surface area contributed by atoms with Gasteiger partial charge in [0.2, 0.25) is 5.91 Å². The van der Waals surface area contributed by atoms with Crippen LogP contribution >= 0.6 is 0 Å². The molecule has 2 aliphatic rings. The number of hydrogen-bond donors (Lipinski definition) is 2. The molecule has 0 saturated carbocycles. The molecule has 2 aliphatic heterocycles. The van der Waals surface area contributed by atoms with Gasteiger partial charge in [-0.2, -0.15) is 5.26 Å². The Morgan fingerprint density at radius 2 is 1.88 bits per heavy atom. The van der Waals surface area contributed by atoms with E-state index in [-0.39, 0.29) is 6.42 Å². The number of nitriles is 1. The lowest BCUT2D eigenvalue weighted by atomic mass is 9.91. The third kappa shape index (κ3) is 4.07. The van der Waals surface area contributed by atoms with E-state index < -0.39 is 29.9 Å². The van der Waals surface area contributed by atoms with Crippen molar-refractivity contribution < 1.29 is 23.9 Å². The molecule has 1 unspecified atom stereocenters. The van der Waals surface area contributed by atoms with E-state index in [0.29, 0.717) is 36.0 Å². The van der Waals surface area contributed by atoms with Crippen molar-refractivity contribution in [2.45, 2.75) is 25.3 Å². The van der Waals surface area contributed by atoms with Crippen molar-refractivity contribution in [2.24, 2.45) is 0 Å². The molecule has 2 aromatic rings. The van der Waals surface area contributed by atoms with Crippen LogP contribution < -0.4 is 20.1 Å². The van der Waals surface area contributed by atoms with Gasteiger partial charge in [0.15, 0.2) is 11.5 Å². The standard InChI is InChI=1S/C23H22N4O5/c1-23(16-5-8-18-19(13-16)32-12-2-11-31-18)21(29)27(22(30)26-23)14-20(28)25-17-6-3-15(4-7-17)9-10-24/h3-8,13H,2,9,11-12,14H2,1H3,(H,25,28)(H,26,30). The number of anilines is 1. The minimum absolute atomic E-state index is 0.273. The summed E-state index contributed by atoms with van der Waals surface area (Å²) in [6.07, 6.45) is 1.02. The van der Waals surface area contributed by atoms with Crippen LogP contribution in [0.3, 0.4) is 0 Å². The number of amides is 4. The molecule has 2 heterocycles. The fourth-order valence-corrected chi connectivity index (χ4v) is 3.65. The molecule has 0 spiro atoms. The van der Waals surface area contributed by atoms with E-state index in [4.69, 9.17) is 14.7 Å². The van der Waals surface area contributed by atoms with E-state index in [1.807, 2.05) is 0 Å². The molecule has 2 N–H and O–H groups in total. The van der Waals surface area contributed by atoms with Crippen LogP contribution in [0.2, 0.25) is 0 Å². The molecule has 0 aromatic heterocycles. The van der Waals surface area contributed by atoms with E-state index in [1.54, 1.807) is 49.4 Å². The SMILES string of the molecule is CC1(c2ccc3c(c2)OCCCO3)NC(=O)N(CC(=O)Nc2ccc(CC#N)cc2)C1=O. The minimum Gasteiger partial charge on any atom is -0.490 e. The molecule has 9 nitrogen and oxygen atoms in total. The Morgan fingerprint density at radius 3 is 2.59 bits per heavy atom. The molecule has 1 fully saturated rings. The molecule has 32 heavy (non-hydrogen) atoms. The Hall–Kier alpha value is -4.06. The number of carbonyl (C=O) groups excluding carboxylic acids is 3. The zero-order valence-corrected chi connectivity index (χ0v) is 17.5. The first-order valence-electron chi connectivity index (χ1n) is 10.2. The summed E-state index contributed by atoms with van der Waals surface area (Å²) in [6, 6.07) is 13.3. The molecular formula is C23H22N4O5. The molecule has 9 heteroatoms. The Balaban J connectivity index is 1.47. The number of benzene rings is 2. The number of nitrogens with zero attached hydrogens (tertiary/aromatic N) is 2. The fourth-order valence-electron chi connectivity index (χ4n) is 3.65. The Morgan fingerprint density at radius 1 is 1.16 bits per heavy atom. The molecule has 1 atom stereocenters. The number of hydrogen-bond acceptors (Lipinski definition) is 6. The fraction of sp³-hybridized carbons (Fsp3) is 0.304. The number of fused-ring (bicyclic) bond motifs is 1. The molecule has 0 radical (unpaired) electrons. The number of urea groups is 1. The van der Waals surface area contributed by atoms with Crippen molar-refractivity contribution >= 4 is 23.5 Å². The third-order valence-corrected chi connectivity index (χ3v) is 5.42. The van der Waals surface area contributed by atoms with E-state index in [1.165, 1.54) is 0 Å². The summed E-state index contributed by atoms with van der Waals surface area (Å²) < 4.78 is 11.3. The summed E-state index contributed by atoms with van der Waals surface area (Å²) >= 11 is 0. The maximum absolute atomic E-state index is 13.1. The summed E-state index contributed by atoms with van der Waals surface area (Å²) in [5.74, 6) is 0.0592. The third-order valence-electron chi connectivity index (χ3n) is 5.42. The highest BCUT2D eigenvalue weighted by molar-refractivity contribution is 6.10. The van der Waals surface area contributed by atoms with E-state index in [2.05, 4.69) is 16.7 Å². The van der Waals surface area contributed by atoms with Gasteiger partial charge in [0.1, 0.15) is 12.1 Å². The predicted octanol–water partition coefficient (Wildman–Crippen LogP) is 2.32. The Kier molecular flexibility index (Phi) is 5.69. The number of rotatable bonds is 5. The highest BCUT2D eigenvalue weighted by Gasteiger charge is 2.49. The first-order valence-corrected chi connectivity index (χ1v) is 10.2. The molecule has 2 aromatic carbocycles. The van der Waals surface area contributed by atoms with Gasteiger partial charge in [-0.05, 0) is 42.3 Å². The van der Waals surface area contributed by atoms with Crippen molar-refractivity contribution in [3.63, 3.8) is 0 Å². The molecule has 0 bridgehead atoms. The maximum atomic E-state index is 13.1. The Labute approximate surface area is 184 Å². The lowest BCUT2D eigenvalue weighted by molar-refractivity contribution is -0.133. The van der Waals surface area contributed by atoms with Crippen molar-refractivity contribution in [1.82, 2.24) is 10.2 Å². The van der Waals surface area contributed by atoms with Crippen LogP contribution in [0, 0.1) is 11.3 Å². The molecular weight excluding hydrogens is 412 g/mol. The summed E-state index contributed by atoms with van der Waals surface area (Å²) in [4.78, 5) is 39.1. The molecule has 164 valence electrons. The number of imide groups is 1. The van der Waals surface area contributed by atoms with Gasteiger partial charge in [-0.25, -0.2) is 4.79 Å². The first kappa shape index (κ1) is 21.2. The normalized spacial score (nSPS) is 19.7. The van der Waals surface area contributed by atoms with Crippen LogP contribution in [0.1, 0.15) is 24.5 Å². The number of nitrogens with one attached hydrogen (secondary N) is 2. The summed E-state index contributed by atoms with van der Waals surface area (Å²) in [5, 5.41) is 14.1. The van der Waals surface area contributed by atoms with Crippen molar-refractivity contribution in [2.75, 3.05) is 25.1 Å². The largest absolute Gasteiger partial charge is 0.490 e. The Bertz CT molecular complexity index is 1110. The lowest BCUT2D eigenvalue weighted by Gasteiger charge is -2.23.